The van der Waals surface area contributed by atoms with Gasteiger partial charge in [0.25, 0.3) is 0 Å². The summed E-state index contributed by atoms with van der Waals surface area (Å²) < 4.78 is 11.3. The largest absolute Gasteiger partial charge is 0.316 e. The average Bonchev–Trinajstić information content (AvgIpc) is 1.93. The first-order valence-electron chi connectivity index (χ1n) is 3.87. The molecule has 1 N–H and O–H groups in total. The van der Waals surface area contributed by atoms with Crippen molar-refractivity contribution in [2.75, 3.05) is 36.6 Å². The summed E-state index contributed by atoms with van der Waals surface area (Å²) in [6.07, 6.45) is 2.06. The van der Waals surface area contributed by atoms with E-state index in [0.29, 0.717) is 5.92 Å². The van der Waals surface area contributed by atoms with Gasteiger partial charge in [-0.1, -0.05) is 0 Å². The van der Waals surface area contributed by atoms with Crippen LogP contribution in [0.4, 0.5) is 0 Å². The first kappa shape index (κ1) is 9.55. The lowest BCUT2D eigenvalue weighted by Crippen LogP contribution is -2.45. The molecule has 1 fully saturated rings. The Morgan fingerprint density at radius 3 is 2.82 bits per heavy atom. The number of hydrogen-bond acceptors (Lipinski definition) is 3. The lowest BCUT2D eigenvalue weighted by Gasteiger charge is -2.26. The van der Waals surface area contributed by atoms with Gasteiger partial charge in [-0.2, -0.15) is 11.8 Å². The van der Waals surface area contributed by atoms with E-state index in [1.54, 1.807) is 11.8 Å². The fourth-order valence-electron chi connectivity index (χ4n) is 0.989. The van der Waals surface area contributed by atoms with E-state index in [1.807, 2.05) is 0 Å². The van der Waals surface area contributed by atoms with E-state index < -0.39 is 10.8 Å². The molecule has 4 heteroatoms. The highest BCUT2D eigenvalue weighted by molar-refractivity contribution is 7.99. The van der Waals surface area contributed by atoms with E-state index in [9.17, 15) is 4.21 Å². The topological polar surface area (TPSA) is 29.1 Å². The molecule has 0 spiro atoms. The van der Waals surface area contributed by atoms with Gasteiger partial charge in [-0.05, 0) is 12.2 Å². The molecule has 0 aliphatic carbocycles. The van der Waals surface area contributed by atoms with Crippen molar-refractivity contribution in [1.29, 1.82) is 0 Å². The molecular weight excluding hydrogens is 178 g/mol. The van der Waals surface area contributed by atoms with Gasteiger partial charge < -0.3 is 5.32 Å². The lowest BCUT2D eigenvalue weighted by molar-refractivity contribution is 0.382. The molecule has 1 saturated heterocycles. The summed E-state index contributed by atoms with van der Waals surface area (Å²) in [5, 5.41) is 3.18. The number of thioether (sulfide) groups is 1. The van der Waals surface area contributed by atoms with Crippen molar-refractivity contribution in [2.24, 2.45) is 5.92 Å². The van der Waals surface area contributed by atoms with Crippen LogP contribution < -0.4 is 5.32 Å². The molecular formula is C7H15NOS2. The molecule has 66 valence electrons. The maximum atomic E-state index is 11.3. The van der Waals surface area contributed by atoms with Crippen molar-refractivity contribution in [3.8, 4) is 0 Å². The van der Waals surface area contributed by atoms with Crippen molar-refractivity contribution >= 4 is 22.6 Å². The molecule has 0 saturated carbocycles. The maximum Gasteiger partial charge on any atom is 0.0325 e. The van der Waals surface area contributed by atoms with Crippen molar-refractivity contribution in [2.45, 2.75) is 0 Å². The van der Waals surface area contributed by atoms with Crippen LogP contribution in [-0.4, -0.2) is 40.8 Å². The van der Waals surface area contributed by atoms with Gasteiger partial charge in [-0.25, -0.2) is 0 Å². The van der Waals surface area contributed by atoms with Gasteiger partial charge in [0.2, 0.25) is 0 Å². The molecule has 1 aliphatic heterocycles. The molecule has 1 unspecified atom stereocenters. The molecule has 1 aliphatic rings. The SMILES string of the molecule is CSCCS(=O)CC1CNC1. The Balaban J connectivity index is 2.00. The van der Waals surface area contributed by atoms with Gasteiger partial charge in [-0.15, -0.1) is 0 Å². The third kappa shape index (κ3) is 3.58. The first-order chi connectivity index (χ1) is 5.33. The second-order valence-corrected chi connectivity index (χ2v) is 5.43. The first-order valence-corrected chi connectivity index (χ1v) is 6.75. The number of nitrogens with one attached hydrogen (secondary N) is 1. The van der Waals surface area contributed by atoms with E-state index in [2.05, 4.69) is 11.6 Å². The highest BCUT2D eigenvalue weighted by Crippen LogP contribution is 2.05. The molecule has 2 nitrogen and oxygen atoms in total. The standard InChI is InChI=1S/C7H15NOS2/c1-10-2-3-11(9)6-7-4-8-5-7/h7-8H,2-6H2,1H3. The molecule has 0 bridgehead atoms. The van der Waals surface area contributed by atoms with Gasteiger partial charge in [0.05, 0.1) is 0 Å². The Labute approximate surface area is 75.0 Å². The lowest BCUT2D eigenvalue weighted by atomic mass is 10.1. The van der Waals surface area contributed by atoms with Gasteiger partial charge in [-0.3, -0.25) is 4.21 Å². The fraction of sp³-hybridized carbons (Fsp3) is 1.00. The predicted octanol–water partition coefficient (Wildman–Crippen LogP) is 0.317. The highest BCUT2D eigenvalue weighted by Gasteiger charge is 2.18. The molecule has 0 aromatic rings. The minimum absolute atomic E-state index is 0.559. The second-order valence-electron chi connectivity index (χ2n) is 2.83. The van der Waals surface area contributed by atoms with Gasteiger partial charge in [0.15, 0.2) is 0 Å². The van der Waals surface area contributed by atoms with Crippen LogP contribution in [0.1, 0.15) is 0 Å². The molecule has 1 heterocycles. The summed E-state index contributed by atoms with van der Waals surface area (Å²) in [6, 6.07) is 0. The molecule has 1 rings (SSSR count). The van der Waals surface area contributed by atoms with E-state index >= 15 is 0 Å². The van der Waals surface area contributed by atoms with Crippen LogP contribution in [0.5, 0.6) is 0 Å². The normalized spacial score (nSPS) is 21.2. The molecule has 1 atom stereocenters. The number of hydrogen-bond donors (Lipinski definition) is 1. The van der Waals surface area contributed by atoms with Crippen molar-refractivity contribution in [3.63, 3.8) is 0 Å². The molecule has 0 aromatic carbocycles. The quantitative estimate of drug-likeness (QED) is 0.682. The monoisotopic (exact) mass is 193 g/mol. The van der Waals surface area contributed by atoms with Crippen LogP contribution in [0.3, 0.4) is 0 Å². The summed E-state index contributed by atoms with van der Waals surface area (Å²) in [4.78, 5) is 0. The summed E-state index contributed by atoms with van der Waals surface area (Å²) in [7, 11) is -0.559. The minimum atomic E-state index is -0.559. The zero-order chi connectivity index (χ0) is 8.10. The van der Waals surface area contributed by atoms with Crippen LogP contribution in [0.2, 0.25) is 0 Å². The Bertz CT molecular complexity index is 136. The summed E-state index contributed by atoms with van der Waals surface area (Å²) in [5.41, 5.74) is 0. The summed E-state index contributed by atoms with van der Waals surface area (Å²) in [5.74, 6) is 3.51. The molecule has 0 radical (unpaired) electrons. The third-order valence-corrected chi connectivity index (χ3v) is 4.18. The Hall–Kier alpha value is 0.460. The maximum absolute atomic E-state index is 11.3. The Kier molecular flexibility index (Phi) is 4.48. The minimum Gasteiger partial charge on any atom is -0.316 e. The van der Waals surface area contributed by atoms with Crippen LogP contribution in [-0.2, 0) is 10.8 Å². The van der Waals surface area contributed by atoms with Crippen molar-refractivity contribution < 1.29 is 4.21 Å². The van der Waals surface area contributed by atoms with Gasteiger partial charge >= 0.3 is 0 Å². The van der Waals surface area contributed by atoms with Crippen LogP contribution in [0.15, 0.2) is 0 Å². The van der Waals surface area contributed by atoms with E-state index in [0.717, 1.165) is 30.3 Å². The highest BCUT2D eigenvalue weighted by atomic mass is 32.2. The average molecular weight is 193 g/mol. The van der Waals surface area contributed by atoms with E-state index in [4.69, 9.17) is 0 Å². The zero-order valence-electron chi connectivity index (χ0n) is 6.84. The van der Waals surface area contributed by atoms with Gasteiger partial charge in [0.1, 0.15) is 0 Å². The molecule has 0 amide bonds. The van der Waals surface area contributed by atoms with Crippen molar-refractivity contribution in [1.82, 2.24) is 5.32 Å². The smallest absolute Gasteiger partial charge is 0.0325 e. The van der Waals surface area contributed by atoms with Crippen LogP contribution in [0, 0.1) is 5.92 Å². The third-order valence-electron chi connectivity index (χ3n) is 1.80. The van der Waals surface area contributed by atoms with Gasteiger partial charge in [0, 0.05) is 41.1 Å². The van der Waals surface area contributed by atoms with E-state index in [-0.39, 0.29) is 0 Å². The van der Waals surface area contributed by atoms with E-state index in [1.165, 1.54) is 0 Å². The van der Waals surface area contributed by atoms with Crippen LogP contribution in [0.25, 0.3) is 0 Å². The zero-order valence-corrected chi connectivity index (χ0v) is 8.47. The fourth-order valence-corrected chi connectivity index (χ4v) is 3.33. The van der Waals surface area contributed by atoms with Crippen molar-refractivity contribution in [3.05, 3.63) is 0 Å². The molecule has 0 aromatic heterocycles. The summed E-state index contributed by atoms with van der Waals surface area (Å²) >= 11 is 1.77. The Morgan fingerprint density at radius 2 is 2.36 bits per heavy atom. The summed E-state index contributed by atoms with van der Waals surface area (Å²) in [6.45, 7) is 2.15. The van der Waals surface area contributed by atoms with Crippen LogP contribution >= 0.6 is 11.8 Å². The Morgan fingerprint density at radius 1 is 1.64 bits per heavy atom. The molecule has 11 heavy (non-hydrogen) atoms. The number of rotatable bonds is 5. The second kappa shape index (κ2) is 5.17. The predicted molar refractivity (Wildman–Crippen MR) is 52.6 cm³/mol.